The molecule has 27 heavy (non-hydrogen) atoms. The summed E-state index contributed by atoms with van der Waals surface area (Å²) in [6, 6.07) is 8.41. The van der Waals surface area contributed by atoms with Crippen LogP contribution in [0.1, 0.15) is 5.56 Å². The summed E-state index contributed by atoms with van der Waals surface area (Å²) in [6.07, 6.45) is 0. The lowest BCUT2D eigenvalue weighted by atomic mass is 10.2. The Kier molecular flexibility index (Phi) is 6.77. The summed E-state index contributed by atoms with van der Waals surface area (Å²) in [6.45, 7) is 2.56. The topological polar surface area (TPSA) is 103 Å². The first-order chi connectivity index (χ1) is 12.6. The van der Waals surface area contributed by atoms with Crippen molar-refractivity contribution in [3.8, 4) is 11.5 Å². The van der Waals surface area contributed by atoms with Crippen LogP contribution in [0.4, 0.5) is 5.69 Å². The third-order valence-corrected chi connectivity index (χ3v) is 5.41. The van der Waals surface area contributed by atoms with Crippen LogP contribution in [-0.4, -0.2) is 40.5 Å². The van der Waals surface area contributed by atoms with Gasteiger partial charge in [0.15, 0.2) is 0 Å². The van der Waals surface area contributed by atoms with Gasteiger partial charge in [0.1, 0.15) is 5.75 Å². The van der Waals surface area contributed by atoms with Crippen molar-refractivity contribution < 1.29 is 23.0 Å². The second-order valence-corrected chi connectivity index (χ2v) is 8.46. The van der Waals surface area contributed by atoms with Gasteiger partial charge in [-0.05, 0) is 42.8 Å². The molecular weight excluding hydrogens is 394 g/mol. The fraction of sp³-hybridized carbons (Fsp3) is 0.294. The van der Waals surface area contributed by atoms with Crippen molar-refractivity contribution >= 4 is 27.3 Å². The molecule has 0 saturated heterocycles. The Labute approximate surface area is 162 Å². The smallest absolute Gasteiger partial charge is 0.312 e. The zero-order valence-corrected chi connectivity index (χ0v) is 16.7. The van der Waals surface area contributed by atoms with E-state index in [1.165, 1.54) is 12.1 Å². The molecule has 0 amide bonds. The Balaban J connectivity index is 2.32. The molecule has 0 spiro atoms. The van der Waals surface area contributed by atoms with Gasteiger partial charge >= 0.3 is 5.69 Å². The van der Waals surface area contributed by atoms with Crippen LogP contribution >= 0.6 is 11.6 Å². The van der Waals surface area contributed by atoms with Gasteiger partial charge in [0.2, 0.25) is 15.8 Å². The Morgan fingerprint density at radius 3 is 2.44 bits per heavy atom. The molecule has 2 rings (SSSR count). The summed E-state index contributed by atoms with van der Waals surface area (Å²) in [5.74, 6) is 0.340. The Hall–Kier alpha value is -2.20. The Morgan fingerprint density at radius 2 is 1.85 bits per heavy atom. The molecule has 0 radical (unpaired) electrons. The van der Waals surface area contributed by atoms with E-state index < -0.39 is 20.6 Å². The molecule has 146 valence electrons. The second-order valence-electron chi connectivity index (χ2n) is 6.25. The summed E-state index contributed by atoms with van der Waals surface area (Å²) in [7, 11) is -0.0704. The van der Waals surface area contributed by atoms with Gasteiger partial charge in [0, 0.05) is 11.1 Å². The number of nitrogens with zero attached hydrogens (tertiary/aromatic N) is 1. The molecule has 0 bridgehead atoms. The number of aryl methyl sites for hydroxylation is 1. The normalized spacial score (nSPS) is 11.6. The number of sulfonamides is 1. The van der Waals surface area contributed by atoms with Crippen LogP contribution in [0.15, 0.2) is 41.3 Å². The van der Waals surface area contributed by atoms with Crippen LogP contribution in [0.5, 0.6) is 11.5 Å². The first kappa shape index (κ1) is 21.1. The van der Waals surface area contributed by atoms with Gasteiger partial charge in [0.25, 0.3) is 0 Å². The monoisotopic (exact) mass is 414 g/mol. The van der Waals surface area contributed by atoms with Gasteiger partial charge < -0.3 is 9.64 Å². The number of benzene rings is 2. The maximum atomic E-state index is 12.4. The highest BCUT2D eigenvalue weighted by atomic mass is 35.5. The van der Waals surface area contributed by atoms with Gasteiger partial charge in [-0.3, -0.25) is 10.1 Å². The molecule has 0 aliphatic rings. The average Bonchev–Trinajstić information content (AvgIpc) is 2.56. The van der Waals surface area contributed by atoms with E-state index in [1.54, 1.807) is 25.1 Å². The first-order valence-electron chi connectivity index (χ1n) is 8.11. The summed E-state index contributed by atoms with van der Waals surface area (Å²) in [5, 5.41) is 11.9. The van der Waals surface area contributed by atoms with Crippen molar-refractivity contribution in [2.24, 2.45) is 0 Å². The van der Waals surface area contributed by atoms with E-state index in [4.69, 9.17) is 16.3 Å². The minimum Gasteiger partial charge on any atom is -0.450 e. The Bertz CT molecular complexity index is 948. The van der Waals surface area contributed by atoms with E-state index in [0.717, 1.165) is 11.0 Å². The van der Waals surface area contributed by atoms with Crippen molar-refractivity contribution in [3.63, 3.8) is 0 Å². The van der Waals surface area contributed by atoms with Crippen LogP contribution in [0, 0.1) is 17.0 Å². The molecule has 0 aliphatic heterocycles. The number of ether oxygens (including phenoxy) is 1. The van der Waals surface area contributed by atoms with Gasteiger partial charge in [-0.15, -0.1) is 0 Å². The van der Waals surface area contributed by atoms with Gasteiger partial charge in [0.05, 0.1) is 37.0 Å². The number of hydrogen-bond donors (Lipinski definition) is 2. The van der Waals surface area contributed by atoms with E-state index in [0.29, 0.717) is 22.9 Å². The lowest BCUT2D eigenvalue weighted by molar-refractivity contribution is -0.856. The van der Waals surface area contributed by atoms with Crippen LogP contribution < -0.4 is 14.4 Å². The minimum atomic E-state index is -3.86. The second kappa shape index (κ2) is 8.66. The zero-order valence-electron chi connectivity index (χ0n) is 15.2. The van der Waals surface area contributed by atoms with Crippen molar-refractivity contribution in [3.05, 3.63) is 57.1 Å². The van der Waals surface area contributed by atoms with Crippen LogP contribution in [-0.2, 0) is 10.0 Å². The predicted molar refractivity (Wildman–Crippen MR) is 102 cm³/mol. The molecule has 10 heteroatoms. The molecule has 0 heterocycles. The summed E-state index contributed by atoms with van der Waals surface area (Å²) < 4.78 is 32.8. The fourth-order valence-corrected chi connectivity index (χ4v) is 3.54. The molecule has 2 aromatic rings. The molecule has 0 atom stereocenters. The lowest BCUT2D eigenvalue weighted by Crippen LogP contribution is -3.06. The van der Waals surface area contributed by atoms with E-state index in [2.05, 4.69) is 4.72 Å². The van der Waals surface area contributed by atoms with E-state index in [-0.39, 0.29) is 17.2 Å². The summed E-state index contributed by atoms with van der Waals surface area (Å²) in [4.78, 5) is 11.6. The number of nitro groups is 1. The highest BCUT2D eigenvalue weighted by Crippen LogP contribution is 2.35. The number of halogens is 1. The minimum absolute atomic E-state index is 0.0536. The summed E-state index contributed by atoms with van der Waals surface area (Å²) >= 11 is 5.89. The van der Waals surface area contributed by atoms with Crippen molar-refractivity contribution in [1.82, 2.24) is 4.72 Å². The molecule has 0 aliphatic carbocycles. The molecular formula is C17H21ClN3O5S+. The number of quaternary nitrogens is 1. The largest absolute Gasteiger partial charge is 0.450 e. The molecule has 0 aromatic heterocycles. The number of likely N-dealkylation sites (N-methyl/N-ethyl adjacent to an activating group) is 1. The molecule has 8 nitrogen and oxygen atoms in total. The third-order valence-electron chi connectivity index (χ3n) is 3.71. The molecule has 0 unspecified atom stereocenters. The predicted octanol–water partition coefficient (Wildman–Crippen LogP) is 1.77. The average molecular weight is 415 g/mol. The van der Waals surface area contributed by atoms with Gasteiger partial charge in [-0.25, -0.2) is 13.1 Å². The van der Waals surface area contributed by atoms with Crippen molar-refractivity contribution in [1.29, 1.82) is 0 Å². The summed E-state index contributed by atoms with van der Waals surface area (Å²) in [5.41, 5.74) is 0.256. The van der Waals surface area contributed by atoms with Gasteiger partial charge in [-0.2, -0.15) is 0 Å². The maximum Gasteiger partial charge on any atom is 0.312 e. The first-order valence-corrected chi connectivity index (χ1v) is 9.97. The molecule has 2 N–H and O–H groups in total. The van der Waals surface area contributed by atoms with E-state index in [1.807, 2.05) is 14.1 Å². The quantitative estimate of drug-likeness (QED) is 0.506. The number of nitrogens with one attached hydrogen (secondary N) is 2. The van der Waals surface area contributed by atoms with E-state index >= 15 is 0 Å². The number of hydrogen-bond acceptors (Lipinski definition) is 5. The van der Waals surface area contributed by atoms with Crippen molar-refractivity contribution in [2.45, 2.75) is 11.8 Å². The molecule has 0 saturated carbocycles. The highest BCUT2D eigenvalue weighted by Gasteiger charge is 2.23. The third kappa shape index (κ3) is 5.64. The SMILES string of the molecule is Cc1cc(Cl)ccc1Oc1ccc(S(=O)(=O)NCC[NH+](C)C)cc1[N+](=O)[O-]. The van der Waals surface area contributed by atoms with Crippen LogP contribution in [0.2, 0.25) is 5.02 Å². The van der Waals surface area contributed by atoms with Gasteiger partial charge in [-0.1, -0.05) is 11.6 Å². The highest BCUT2D eigenvalue weighted by molar-refractivity contribution is 7.89. The zero-order chi connectivity index (χ0) is 20.2. The molecule has 0 fully saturated rings. The molecule has 2 aromatic carbocycles. The number of nitro benzene ring substituents is 1. The fourth-order valence-electron chi connectivity index (χ4n) is 2.26. The maximum absolute atomic E-state index is 12.4. The van der Waals surface area contributed by atoms with Crippen LogP contribution in [0.3, 0.4) is 0 Å². The standard InChI is InChI=1S/C17H20ClN3O5S/c1-12-10-13(18)4-6-16(12)26-17-7-5-14(11-15(17)21(22)23)27(24,25)19-8-9-20(2)3/h4-7,10-11,19H,8-9H2,1-3H3/p+1. The van der Waals surface area contributed by atoms with E-state index in [9.17, 15) is 18.5 Å². The van der Waals surface area contributed by atoms with Crippen LogP contribution in [0.25, 0.3) is 0 Å². The van der Waals surface area contributed by atoms with Crippen molar-refractivity contribution in [2.75, 3.05) is 27.2 Å². The number of rotatable bonds is 8. The lowest BCUT2D eigenvalue weighted by Gasteiger charge is -2.12. The Morgan fingerprint density at radius 1 is 1.19 bits per heavy atom.